The van der Waals surface area contributed by atoms with E-state index >= 15 is 0 Å². The second kappa shape index (κ2) is 10.5. The maximum Gasteiger partial charge on any atom is 0.244 e. The first-order valence-corrected chi connectivity index (χ1v) is 11.7. The van der Waals surface area contributed by atoms with Gasteiger partial charge in [-0.05, 0) is 43.2 Å². The van der Waals surface area contributed by atoms with Crippen LogP contribution in [-0.2, 0) is 14.8 Å². The number of hydrogen-bond donors (Lipinski definition) is 1. The average Bonchev–Trinajstić information content (AvgIpc) is 2.70. The summed E-state index contributed by atoms with van der Waals surface area (Å²) in [5, 5.41) is 3.35. The molecule has 0 spiro atoms. The molecular weight excluding hydrogens is 428 g/mol. The Balaban J connectivity index is 2.07. The van der Waals surface area contributed by atoms with Gasteiger partial charge in [-0.2, -0.15) is 0 Å². The smallest absolute Gasteiger partial charge is 0.244 e. The van der Waals surface area contributed by atoms with Gasteiger partial charge in [0.2, 0.25) is 15.9 Å². The quantitative estimate of drug-likeness (QED) is 0.556. The number of methoxy groups -OCH3 is 1. The van der Waals surface area contributed by atoms with Gasteiger partial charge in [-0.3, -0.25) is 9.10 Å². The Bertz CT molecular complexity index is 981. The molecule has 2 aromatic rings. The Hall–Kier alpha value is -2.45. The fourth-order valence-corrected chi connectivity index (χ4v) is 4.31. The lowest BCUT2D eigenvalue weighted by molar-refractivity contribution is -0.122. The summed E-state index contributed by atoms with van der Waals surface area (Å²) in [6.07, 6.45) is 1.37. The zero-order valence-electron chi connectivity index (χ0n) is 17.5. The molecule has 0 saturated heterocycles. The molecule has 1 N–H and O–H groups in total. The van der Waals surface area contributed by atoms with Crippen LogP contribution < -0.4 is 19.1 Å². The molecule has 0 fully saturated rings. The summed E-state index contributed by atoms with van der Waals surface area (Å²) >= 11 is 6.07. The molecule has 9 heteroatoms. The van der Waals surface area contributed by atoms with E-state index in [9.17, 15) is 13.2 Å². The van der Waals surface area contributed by atoms with Gasteiger partial charge in [0.15, 0.2) is 0 Å². The van der Waals surface area contributed by atoms with Crippen molar-refractivity contribution in [3.8, 4) is 11.5 Å². The van der Waals surface area contributed by atoms with E-state index in [1.807, 2.05) is 13.0 Å². The van der Waals surface area contributed by atoms with Crippen molar-refractivity contribution in [2.24, 2.45) is 0 Å². The van der Waals surface area contributed by atoms with E-state index in [2.05, 4.69) is 5.32 Å². The van der Waals surface area contributed by atoms with Gasteiger partial charge >= 0.3 is 0 Å². The Kier molecular flexibility index (Phi) is 8.37. The molecule has 0 aliphatic carbocycles. The van der Waals surface area contributed by atoms with Gasteiger partial charge in [0.1, 0.15) is 24.1 Å². The molecule has 164 valence electrons. The highest BCUT2D eigenvalue weighted by molar-refractivity contribution is 7.92. The third-order valence-corrected chi connectivity index (χ3v) is 6.04. The van der Waals surface area contributed by atoms with Gasteiger partial charge in [0, 0.05) is 11.1 Å². The molecular formula is C21H27ClN2O5S. The van der Waals surface area contributed by atoms with Crippen LogP contribution in [0.1, 0.15) is 18.9 Å². The molecule has 7 nitrogen and oxygen atoms in total. The number of carbonyl (C=O) groups is 1. The van der Waals surface area contributed by atoms with Crippen molar-refractivity contribution in [2.45, 2.75) is 26.3 Å². The third kappa shape index (κ3) is 6.27. The fourth-order valence-electron chi connectivity index (χ4n) is 2.93. The van der Waals surface area contributed by atoms with Crippen molar-refractivity contribution in [3.05, 3.63) is 53.1 Å². The molecule has 0 radical (unpaired) electrons. The van der Waals surface area contributed by atoms with Gasteiger partial charge in [0.05, 0.1) is 25.6 Å². The molecule has 0 unspecified atom stereocenters. The fraction of sp³-hybridized carbons (Fsp3) is 0.381. The largest absolute Gasteiger partial charge is 0.497 e. The molecule has 0 heterocycles. The highest BCUT2D eigenvalue weighted by atomic mass is 35.5. The van der Waals surface area contributed by atoms with Crippen LogP contribution in [0.4, 0.5) is 5.69 Å². The third-order valence-electron chi connectivity index (χ3n) is 4.45. The number of hydrogen-bond acceptors (Lipinski definition) is 5. The van der Waals surface area contributed by atoms with Gasteiger partial charge < -0.3 is 14.8 Å². The van der Waals surface area contributed by atoms with Crippen molar-refractivity contribution >= 4 is 33.2 Å². The van der Waals surface area contributed by atoms with Crippen LogP contribution in [0.3, 0.4) is 0 Å². The number of carbonyl (C=O) groups excluding carboxylic acids is 1. The maximum atomic E-state index is 12.8. The highest BCUT2D eigenvalue weighted by Crippen LogP contribution is 2.26. The van der Waals surface area contributed by atoms with Crippen LogP contribution in [0.2, 0.25) is 5.02 Å². The van der Waals surface area contributed by atoms with Gasteiger partial charge in [-0.1, -0.05) is 30.7 Å². The maximum absolute atomic E-state index is 12.8. The summed E-state index contributed by atoms with van der Waals surface area (Å²) in [5.41, 5.74) is 1.31. The van der Waals surface area contributed by atoms with E-state index in [1.54, 1.807) is 43.3 Å². The lowest BCUT2D eigenvalue weighted by Crippen LogP contribution is -2.50. The molecule has 0 saturated carbocycles. The van der Waals surface area contributed by atoms with E-state index < -0.39 is 22.0 Å². The number of nitrogens with zero attached hydrogens (tertiary/aromatic N) is 1. The number of nitrogens with one attached hydrogen (secondary N) is 1. The predicted molar refractivity (Wildman–Crippen MR) is 119 cm³/mol. The number of amides is 1. The van der Waals surface area contributed by atoms with E-state index in [1.165, 1.54) is 7.11 Å². The monoisotopic (exact) mass is 454 g/mol. The Morgan fingerprint density at radius 2 is 1.93 bits per heavy atom. The molecule has 0 aliphatic rings. The SMILES string of the molecule is CC[C@@H](C(=O)NCCOc1ccc(C)c(Cl)c1)N(c1cccc(OC)c1)S(C)(=O)=O. The van der Waals surface area contributed by atoms with Gasteiger partial charge in [-0.15, -0.1) is 0 Å². The Morgan fingerprint density at radius 1 is 1.20 bits per heavy atom. The highest BCUT2D eigenvalue weighted by Gasteiger charge is 2.31. The number of aryl methyl sites for hydroxylation is 1. The molecule has 1 atom stereocenters. The molecule has 2 rings (SSSR count). The molecule has 1 amide bonds. The summed E-state index contributed by atoms with van der Waals surface area (Å²) in [7, 11) is -2.22. The van der Waals surface area contributed by atoms with Crippen LogP contribution in [0.15, 0.2) is 42.5 Å². The minimum absolute atomic E-state index is 0.219. The molecule has 2 aromatic carbocycles. The van der Waals surface area contributed by atoms with E-state index in [0.29, 0.717) is 28.6 Å². The lowest BCUT2D eigenvalue weighted by atomic mass is 10.2. The molecule has 0 aliphatic heterocycles. The standard InChI is InChI=1S/C21H27ClN2O5S/c1-5-20(24(30(4,26)27)16-7-6-8-17(13-16)28-3)21(25)23-11-12-29-18-10-9-15(2)19(22)14-18/h6-10,13-14,20H,5,11-12H2,1-4H3,(H,23,25)/t20-/m0/s1. The summed E-state index contributed by atoms with van der Waals surface area (Å²) in [4.78, 5) is 12.8. The van der Waals surface area contributed by atoms with Crippen molar-refractivity contribution in [2.75, 3.05) is 30.8 Å². The Labute approximate surface area is 183 Å². The number of sulfonamides is 1. The molecule has 0 bridgehead atoms. The summed E-state index contributed by atoms with van der Waals surface area (Å²) < 4.78 is 36.9. The van der Waals surface area contributed by atoms with E-state index in [4.69, 9.17) is 21.1 Å². The van der Waals surface area contributed by atoms with Gasteiger partial charge in [-0.25, -0.2) is 8.42 Å². The minimum Gasteiger partial charge on any atom is -0.497 e. The van der Waals surface area contributed by atoms with Crippen molar-refractivity contribution < 1.29 is 22.7 Å². The van der Waals surface area contributed by atoms with Crippen LogP contribution >= 0.6 is 11.6 Å². The van der Waals surface area contributed by atoms with E-state index in [0.717, 1.165) is 16.1 Å². The first kappa shape index (κ1) is 23.8. The first-order chi connectivity index (χ1) is 14.2. The first-order valence-electron chi connectivity index (χ1n) is 9.47. The number of halogens is 1. The van der Waals surface area contributed by atoms with Crippen molar-refractivity contribution in [1.82, 2.24) is 5.32 Å². The van der Waals surface area contributed by atoms with E-state index in [-0.39, 0.29) is 13.2 Å². The number of benzene rings is 2. The number of anilines is 1. The van der Waals surface area contributed by atoms with Crippen LogP contribution in [0.5, 0.6) is 11.5 Å². The molecule has 0 aromatic heterocycles. The second-order valence-corrected chi connectivity index (χ2v) is 9.00. The molecule has 30 heavy (non-hydrogen) atoms. The zero-order chi connectivity index (χ0) is 22.3. The summed E-state index contributed by atoms with van der Waals surface area (Å²) in [5.74, 6) is 0.693. The average molecular weight is 455 g/mol. The topological polar surface area (TPSA) is 84.9 Å². The lowest BCUT2D eigenvalue weighted by Gasteiger charge is -2.30. The zero-order valence-corrected chi connectivity index (χ0v) is 19.1. The van der Waals surface area contributed by atoms with Crippen LogP contribution in [0.25, 0.3) is 0 Å². The Morgan fingerprint density at radius 3 is 2.53 bits per heavy atom. The van der Waals surface area contributed by atoms with Crippen molar-refractivity contribution in [1.29, 1.82) is 0 Å². The number of rotatable bonds is 10. The summed E-state index contributed by atoms with van der Waals surface area (Å²) in [6.45, 7) is 4.09. The number of ether oxygens (including phenoxy) is 2. The minimum atomic E-state index is -3.71. The van der Waals surface area contributed by atoms with Crippen LogP contribution in [0, 0.1) is 6.92 Å². The second-order valence-electron chi connectivity index (χ2n) is 6.73. The normalized spacial score (nSPS) is 12.2. The van der Waals surface area contributed by atoms with Crippen LogP contribution in [-0.4, -0.2) is 46.9 Å². The summed E-state index contributed by atoms with van der Waals surface area (Å²) in [6, 6.07) is 11.1. The predicted octanol–water partition coefficient (Wildman–Crippen LogP) is 3.40. The van der Waals surface area contributed by atoms with Crippen molar-refractivity contribution in [3.63, 3.8) is 0 Å². The van der Waals surface area contributed by atoms with Gasteiger partial charge in [0.25, 0.3) is 0 Å².